The third-order valence-electron chi connectivity index (χ3n) is 2.38. The van der Waals surface area contributed by atoms with Crippen molar-refractivity contribution >= 4 is 11.6 Å². The van der Waals surface area contributed by atoms with Crippen LogP contribution in [0, 0.1) is 0 Å². The summed E-state index contributed by atoms with van der Waals surface area (Å²) in [7, 11) is 0. The Kier molecular flexibility index (Phi) is 4.19. The number of alkyl halides is 10. The van der Waals surface area contributed by atoms with Gasteiger partial charge in [0.05, 0.1) is 5.02 Å². The third kappa shape index (κ3) is 3.04. The molecule has 0 aromatic heterocycles. The standard InChI is InChI=1S/C10H3ClF10/c11-6-3-4(7(12,13)9(16,17)18)1-2-5(6)8(14,15)10(19,20)21/h1-3H. The lowest BCUT2D eigenvalue weighted by Crippen LogP contribution is -2.35. The van der Waals surface area contributed by atoms with Gasteiger partial charge in [-0.3, -0.25) is 0 Å². The summed E-state index contributed by atoms with van der Waals surface area (Å²) in [6, 6.07) is -0.677. The van der Waals surface area contributed by atoms with E-state index in [9.17, 15) is 43.9 Å². The Morgan fingerprint density at radius 2 is 1.10 bits per heavy atom. The number of hydrogen-bond acceptors (Lipinski definition) is 0. The van der Waals surface area contributed by atoms with Crippen LogP contribution in [0.4, 0.5) is 43.9 Å². The molecule has 0 radical (unpaired) electrons. The summed E-state index contributed by atoms with van der Waals surface area (Å²) in [5, 5.41) is -1.56. The van der Waals surface area contributed by atoms with Crippen molar-refractivity contribution in [3.63, 3.8) is 0 Å². The third-order valence-corrected chi connectivity index (χ3v) is 2.69. The molecule has 120 valence electrons. The normalized spacial score (nSPS) is 14.4. The van der Waals surface area contributed by atoms with Crippen LogP contribution in [0.1, 0.15) is 11.1 Å². The van der Waals surface area contributed by atoms with Crippen LogP contribution >= 0.6 is 11.6 Å². The SMILES string of the molecule is FC(F)(F)C(F)(F)c1ccc(C(F)(F)C(F)(F)F)c(Cl)c1. The Morgan fingerprint density at radius 3 is 1.43 bits per heavy atom. The average Bonchev–Trinajstić information content (AvgIpc) is 2.25. The molecule has 1 rings (SSSR count). The molecule has 0 spiro atoms. The van der Waals surface area contributed by atoms with Crippen molar-refractivity contribution < 1.29 is 43.9 Å². The van der Waals surface area contributed by atoms with E-state index in [0.717, 1.165) is 0 Å². The fraction of sp³-hybridized carbons (Fsp3) is 0.400. The Morgan fingerprint density at radius 1 is 0.667 bits per heavy atom. The molecule has 0 saturated heterocycles. The predicted molar refractivity (Wildman–Crippen MR) is 51.4 cm³/mol. The molecule has 1 aromatic rings. The largest absolute Gasteiger partial charge is 0.458 e. The molecule has 0 aliphatic rings. The molecule has 11 heteroatoms. The van der Waals surface area contributed by atoms with E-state index in [4.69, 9.17) is 11.6 Å². The molecule has 0 bridgehead atoms. The molecule has 0 saturated carbocycles. The van der Waals surface area contributed by atoms with Crippen molar-refractivity contribution in [1.82, 2.24) is 0 Å². The Labute approximate surface area is 115 Å². The van der Waals surface area contributed by atoms with Crippen LogP contribution in [0.5, 0.6) is 0 Å². The zero-order chi connectivity index (χ0) is 16.9. The van der Waals surface area contributed by atoms with Crippen molar-refractivity contribution in [3.05, 3.63) is 34.3 Å². The topological polar surface area (TPSA) is 0 Å². The second-order valence-electron chi connectivity index (χ2n) is 3.84. The zero-order valence-corrected chi connectivity index (χ0v) is 10.1. The first-order valence-corrected chi connectivity index (χ1v) is 5.19. The first-order chi connectivity index (χ1) is 9.12. The second kappa shape index (κ2) is 4.92. The molecule has 21 heavy (non-hydrogen) atoms. The number of benzene rings is 1. The first-order valence-electron chi connectivity index (χ1n) is 4.82. The maximum Gasteiger partial charge on any atom is 0.458 e. The molecular formula is C10H3ClF10. The molecular weight excluding hydrogens is 346 g/mol. The van der Waals surface area contributed by atoms with Crippen LogP contribution in [-0.4, -0.2) is 12.4 Å². The number of halogens is 11. The van der Waals surface area contributed by atoms with E-state index in [1.54, 1.807) is 0 Å². The van der Waals surface area contributed by atoms with Crippen molar-refractivity contribution in [3.8, 4) is 0 Å². The zero-order valence-electron chi connectivity index (χ0n) is 9.39. The highest BCUT2D eigenvalue weighted by atomic mass is 35.5. The minimum absolute atomic E-state index is 0.186. The van der Waals surface area contributed by atoms with Gasteiger partial charge in [0.15, 0.2) is 0 Å². The van der Waals surface area contributed by atoms with Crippen molar-refractivity contribution in [2.45, 2.75) is 24.2 Å². The summed E-state index contributed by atoms with van der Waals surface area (Å²) in [6.07, 6.45) is -12.1. The van der Waals surface area contributed by atoms with Gasteiger partial charge in [-0.15, -0.1) is 0 Å². The quantitative estimate of drug-likeness (QED) is 0.606. The summed E-state index contributed by atoms with van der Waals surface area (Å²) in [5.74, 6) is -10.9. The van der Waals surface area contributed by atoms with Gasteiger partial charge in [0.1, 0.15) is 0 Å². The molecule has 0 nitrogen and oxygen atoms in total. The van der Waals surface area contributed by atoms with E-state index < -0.39 is 40.3 Å². The molecule has 0 aliphatic carbocycles. The van der Waals surface area contributed by atoms with E-state index in [1.807, 2.05) is 0 Å². The molecule has 0 heterocycles. The van der Waals surface area contributed by atoms with E-state index in [1.165, 1.54) is 0 Å². The summed E-state index contributed by atoms with van der Waals surface area (Å²) in [6.45, 7) is 0. The molecule has 0 aliphatic heterocycles. The Hall–Kier alpha value is -1.19. The average molecular weight is 349 g/mol. The van der Waals surface area contributed by atoms with Crippen LogP contribution in [0.2, 0.25) is 5.02 Å². The van der Waals surface area contributed by atoms with Crippen LogP contribution in [0.25, 0.3) is 0 Å². The maximum absolute atomic E-state index is 13.0. The van der Waals surface area contributed by atoms with Gasteiger partial charge in [0.25, 0.3) is 0 Å². The minimum atomic E-state index is -6.08. The lowest BCUT2D eigenvalue weighted by Gasteiger charge is -2.23. The van der Waals surface area contributed by atoms with E-state index in [0.29, 0.717) is 0 Å². The molecule has 0 N–H and O–H groups in total. The highest BCUT2D eigenvalue weighted by Gasteiger charge is 2.61. The van der Waals surface area contributed by atoms with E-state index in [-0.39, 0.29) is 18.2 Å². The predicted octanol–water partition coefficient (Wildman–Crippen LogP) is 5.65. The highest BCUT2D eigenvalue weighted by Crippen LogP contribution is 2.49. The summed E-state index contributed by atoms with van der Waals surface area (Å²) in [4.78, 5) is 0. The van der Waals surface area contributed by atoms with Gasteiger partial charge in [-0.2, -0.15) is 43.9 Å². The molecule has 0 atom stereocenters. The van der Waals surface area contributed by atoms with E-state index in [2.05, 4.69) is 0 Å². The summed E-state index contributed by atoms with van der Waals surface area (Å²) in [5.41, 5.74) is -3.76. The van der Waals surface area contributed by atoms with Gasteiger partial charge in [-0.1, -0.05) is 23.7 Å². The molecule has 0 amide bonds. The van der Waals surface area contributed by atoms with Gasteiger partial charge in [0, 0.05) is 11.1 Å². The fourth-order valence-corrected chi connectivity index (χ4v) is 1.58. The number of hydrogen-bond donors (Lipinski definition) is 0. The molecule has 1 aromatic carbocycles. The van der Waals surface area contributed by atoms with Gasteiger partial charge in [-0.05, 0) is 6.07 Å². The summed E-state index contributed by atoms with van der Waals surface area (Å²) >= 11 is 5.00. The van der Waals surface area contributed by atoms with Crippen LogP contribution in [0.3, 0.4) is 0 Å². The number of rotatable bonds is 2. The monoisotopic (exact) mass is 348 g/mol. The minimum Gasteiger partial charge on any atom is -0.191 e. The first kappa shape index (κ1) is 17.9. The maximum atomic E-state index is 13.0. The summed E-state index contributed by atoms with van der Waals surface area (Å²) < 4.78 is 124. The van der Waals surface area contributed by atoms with E-state index >= 15 is 0 Å². The van der Waals surface area contributed by atoms with Gasteiger partial charge in [0.2, 0.25) is 0 Å². The van der Waals surface area contributed by atoms with Gasteiger partial charge < -0.3 is 0 Å². The van der Waals surface area contributed by atoms with Crippen molar-refractivity contribution in [1.29, 1.82) is 0 Å². The van der Waals surface area contributed by atoms with Crippen molar-refractivity contribution in [2.24, 2.45) is 0 Å². The van der Waals surface area contributed by atoms with Gasteiger partial charge in [-0.25, -0.2) is 0 Å². The van der Waals surface area contributed by atoms with Crippen LogP contribution < -0.4 is 0 Å². The molecule has 0 fully saturated rings. The lowest BCUT2D eigenvalue weighted by atomic mass is 10.0. The highest BCUT2D eigenvalue weighted by molar-refractivity contribution is 6.31. The lowest BCUT2D eigenvalue weighted by molar-refractivity contribution is -0.290. The van der Waals surface area contributed by atoms with Crippen molar-refractivity contribution in [2.75, 3.05) is 0 Å². The van der Waals surface area contributed by atoms with Crippen LogP contribution in [0.15, 0.2) is 18.2 Å². The fourth-order valence-electron chi connectivity index (χ4n) is 1.28. The Balaban J connectivity index is 3.38. The Bertz CT molecular complexity index is 528. The van der Waals surface area contributed by atoms with Crippen LogP contribution in [-0.2, 0) is 11.8 Å². The second-order valence-corrected chi connectivity index (χ2v) is 4.25. The molecule has 0 unspecified atom stereocenters. The van der Waals surface area contributed by atoms with Gasteiger partial charge >= 0.3 is 24.2 Å². The smallest absolute Gasteiger partial charge is 0.191 e.